The van der Waals surface area contributed by atoms with Gasteiger partial charge >= 0.3 is 0 Å². The Bertz CT molecular complexity index is 885. The maximum Gasteiger partial charge on any atom is 0.238 e. The van der Waals surface area contributed by atoms with Crippen LogP contribution in [0.25, 0.3) is 10.9 Å². The van der Waals surface area contributed by atoms with E-state index in [1.54, 1.807) is 0 Å². The van der Waals surface area contributed by atoms with E-state index in [4.69, 9.17) is 4.98 Å². The molecule has 1 amide bonds. The van der Waals surface area contributed by atoms with Gasteiger partial charge in [0.25, 0.3) is 0 Å². The molecule has 2 N–H and O–H groups in total. The van der Waals surface area contributed by atoms with Crippen LogP contribution in [-0.2, 0) is 4.79 Å². The normalized spacial score (nSPS) is 19.4. The zero-order chi connectivity index (χ0) is 21.1. The summed E-state index contributed by atoms with van der Waals surface area (Å²) in [5, 5.41) is 7.53. The van der Waals surface area contributed by atoms with Gasteiger partial charge in [0.15, 0.2) is 0 Å². The minimum absolute atomic E-state index is 0.00736. The number of hydrogen-bond donors (Lipinski definition) is 2. The molecule has 0 atom stereocenters. The van der Waals surface area contributed by atoms with Gasteiger partial charge in [-0.05, 0) is 76.8 Å². The van der Waals surface area contributed by atoms with Gasteiger partial charge in [0.1, 0.15) is 5.82 Å². The second-order valence-electron chi connectivity index (χ2n) is 8.83. The average Bonchev–Trinajstić information content (AvgIpc) is 2.74. The van der Waals surface area contributed by atoms with Crippen LogP contribution in [0, 0.1) is 6.92 Å². The summed E-state index contributed by atoms with van der Waals surface area (Å²) in [4.78, 5) is 24.3. The van der Waals surface area contributed by atoms with Gasteiger partial charge in [-0.1, -0.05) is 0 Å². The first-order chi connectivity index (χ1) is 14.5. The Kier molecular flexibility index (Phi) is 6.51. The summed E-state index contributed by atoms with van der Waals surface area (Å²) < 4.78 is 0. The Balaban J connectivity index is 1.38. The number of likely N-dealkylation sites (N-methyl/N-ethyl adjacent to an activating group) is 1. The van der Waals surface area contributed by atoms with E-state index in [1.807, 2.05) is 18.2 Å². The van der Waals surface area contributed by atoms with Gasteiger partial charge in [0.05, 0.1) is 12.1 Å². The first-order valence-corrected chi connectivity index (χ1v) is 11.0. The Hall–Kier alpha value is -2.22. The molecule has 7 nitrogen and oxygen atoms in total. The summed E-state index contributed by atoms with van der Waals surface area (Å²) in [6.07, 6.45) is 2.19. The number of carbonyl (C=O) groups is 1. The number of carbonyl (C=O) groups excluding carboxylic acids is 1. The molecule has 0 spiro atoms. The zero-order valence-corrected chi connectivity index (χ0v) is 18.4. The molecule has 3 heterocycles. The van der Waals surface area contributed by atoms with Crippen LogP contribution in [0.1, 0.15) is 18.4 Å². The van der Waals surface area contributed by atoms with Gasteiger partial charge in [-0.15, -0.1) is 0 Å². The molecule has 2 saturated heterocycles. The van der Waals surface area contributed by atoms with Crippen molar-refractivity contribution in [3.8, 4) is 0 Å². The Morgan fingerprint density at radius 3 is 2.47 bits per heavy atom. The van der Waals surface area contributed by atoms with E-state index in [1.165, 1.54) is 5.56 Å². The number of aryl methyl sites for hydroxylation is 1. The van der Waals surface area contributed by atoms with Crippen LogP contribution in [-0.4, -0.2) is 86.6 Å². The van der Waals surface area contributed by atoms with Crippen molar-refractivity contribution in [1.29, 1.82) is 0 Å². The van der Waals surface area contributed by atoms with E-state index in [0.29, 0.717) is 12.6 Å². The topological polar surface area (TPSA) is 63.7 Å². The molecule has 0 radical (unpaired) electrons. The molecule has 0 aliphatic carbocycles. The Labute approximate surface area is 179 Å². The summed E-state index contributed by atoms with van der Waals surface area (Å²) in [6.45, 7) is 8.80. The molecule has 2 aliphatic heterocycles. The van der Waals surface area contributed by atoms with Crippen LogP contribution in [0.2, 0.25) is 0 Å². The standard InChI is InChI=1S/C23H34N6O/c1-17-14-22(29-12-10-28(3)11-13-29)26-21-5-4-19(15-20(17)21)25-23(30)16-24-18-6-8-27(2)9-7-18/h4-5,14-15,18,24H,6-13,16H2,1-3H3,(H,25,30). The van der Waals surface area contributed by atoms with E-state index in [0.717, 1.165) is 74.5 Å². The number of nitrogens with zero attached hydrogens (tertiary/aromatic N) is 4. The van der Waals surface area contributed by atoms with E-state index >= 15 is 0 Å². The van der Waals surface area contributed by atoms with E-state index < -0.39 is 0 Å². The van der Waals surface area contributed by atoms with Gasteiger partial charge in [0, 0.05) is 43.3 Å². The van der Waals surface area contributed by atoms with E-state index in [9.17, 15) is 4.79 Å². The van der Waals surface area contributed by atoms with Gasteiger partial charge in [-0.3, -0.25) is 4.79 Å². The molecule has 2 aliphatic rings. The maximum atomic E-state index is 12.4. The fourth-order valence-corrected chi connectivity index (χ4v) is 4.31. The quantitative estimate of drug-likeness (QED) is 0.785. The number of benzene rings is 1. The van der Waals surface area contributed by atoms with E-state index in [-0.39, 0.29) is 5.91 Å². The van der Waals surface area contributed by atoms with Crippen LogP contribution in [0.4, 0.5) is 11.5 Å². The number of rotatable bonds is 5. The van der Waals surface area contributed by atoms with Crippen molar-refractivity contribution in [2.45, 2.75) is 25.8 Å². The first kappa shape index (κ1) is 21.0. The lowest BCUT2D eigenvalue weighted by Gasteiger charge is -2.33. The van der Waals surface area contributed by atoms with Crippen LogP contribution in [0.3, 0.4) is 0 Å². The molecule has 162 valence electrons. The fraction of sp³-hybridized carbons (Fsp3) is 0.565. The minimum Gasteiger partial charge on any atom is -0.354 e. The van der Waals surface area contributed by atoms with Crippen LogP contribution in [0.15, 0.2) is 24.3 Å². The molecule has 1 aromatic heterocycles. The number of piperidine rings is 1. The summed E-state index contributed by atoms with van der Waals surface area (Å²) in [5.74, 6) is 1.06. The largest absolute Gasteiger partial charge is 0.354 e. The zero-order valence-electron chi connectivity index (χ0n) is 18.4. The molecule has 2 fully saturated rings. The third kappa shape index (κ3) is 5.09. The van der Waals surface area contributed by atoms with E-state index in [2.05, 4.69) is 52.4 Å². The lowest BCUT2D eigenvalue weighted by Crippen LogP contribution is -2.44. The Morgan fingerprint density at radius 2 is 1.73 bits per heavy atom. The average molecular weight is 411 g/mol. The predicted molar refractivity (Wildman–Crippen MR) is 123 cm³/mol. The van der Waals surface area contributed by atoms with Crippen LogP contribution >= 0.6 is 0 Å². The number of pyridine rings is 1. The molecule has 7 heteroatoms. The van der Waals surface area contributed by atoms with Crippen molar-refractivity contribution in [1.82, 2.24) is 20.1 Å². The molecule has 0 unspecified atom stereocenters. The number of piperazine rings is 1. The number of aromatic nitrogens is 1. The highest BCUT2D eigenvalue weighted by Gasteiger charge is 2.18. The lowest BCUT2D eigenvalue weighted by molar-refractivity contribution is -0.115. The number of likely N-dealkylation sites (tertiary alicyclic amines) is 1. The predicted octanol–water partition coefficient (Wildman–Crippen LogP) is 1.92. The Morgan fingerprint density at radius 1 is 1.03 bits per heavy atom. The second-order valence-corrected chi connectivity index (χ2v) is 8.83. The van der Waals surface area contributed by atoms with Crippen molar-refractivity contribution < 1.29 is 4.79 Å². The van der Waals surface area contributed by atoms with Crippen LogP contribution in [0.5, 0.6) is 0 Å². The molecule has 0 bridgehead atoms. The monoisotopic (exact) mass is 410 g/mol. The second kappa shape index (κ2) is 9.29. The molecule has 1 aromatic carbocycles. The fourth-order valence-electron chi connectivity index (χ4n) is 4.31. The van der Waals surface area contributed by atoms with Gasteiger partial charge in [0.2, 0.25) is 5.91 Å². The summed E-state index contributed by atoms with van der Waals surface area (Å²) in [7, 11) is 4.31. The van der Waals surface area contributed by atoms with Crippen molar-refractivity contribution >= 4 is 28.3 Å². The third-order valence-corrected chi connectivity index (χ3v) is 6.38. The number of nitrogens with one attached hydrogen (secondary N) is 2. The molecule has 0 saturated carbocycles. The molecule has 2 aromatic rings. The number of fused-ring (bicyclic) bond motifs is 1. The maximum absolute atomic E-state index is 12.4. The van der Waals surface area contributed by atoms with Gasteiger partial charge in [-0.25, -0.2) is 4.98 Å². The number of hydrogen-bond acceptors (Lipinski definition) is 6. The first-order valence-electron chi connectivity index (χ1n) is 11.0. The molecule has 4 rings (SSSR count). The molecule has 30 heavy (non-hydrogen) atoms. The van der Waals surface area contributed by atoms with Gasteiger partial charge in [-0.2, -0.15) is 0 Å². The van der Waals surface area contributed by atoms with Crippen molar-refractivity contribution in [3.05, 3.63) is 29.8 Å². The highest BCUT2D eigenvalue weighted by atomic mass is 16.1. The van der Waals surface area contributed by atoms with Gasteiger partial charge < -0.3 is 25.3 Å². The smallest absolute Gasteiger partial charge is 0.238 e. The highest BCUT2D eigenvalue weighted by Crippen LogP contribution is 2.26. The van der Waals surface area contributed by atoms with Crippen LogP contribution < -0.4 is 15.5 Å². The number of anilines is 2. The third-order valence-electron chi connectivity index (χ3n) is 6.38. The summed E-state index contributed by atoms with van der Waals surface area (Å²) in [6, 6.07) is 8.61. The lowest BCUT2D eigenvalue weighted by atomic mass is 10.1. The molecular weight excluding hydrogens is 376 g/mol. The van der Waals surface area contributed by atoms with Crippen molar-refractivity contribution in [3.63, 3.8) is 0 Å². The minimum atomic E-state index is 0.00736. The molecular formula is C23H34N6O. The highest BCUT2D eigenvalue weighted by molar-refractivity contribution is 5.95. The number of amides is 1. The summed E-state index contributed by atoms with van der Waals surface area (Å²) in [5.41, 5.74) is 3.00. The SMILES string of the molecule is Cc1cc(N2CCN(C)CC2)nc2ccc(NC(=O)CNC3CCN(C)CC3)cc12. The van der Waals surface area contributed by atoms with Crippen molar-refractivity contribution in [2.75, 3.05) is 70.1 Å². The van der Waals surface area contributed by atoms with Crippen molar-refractivity contribution in [2.24, 2.45) is 0 Å². The summed E-state index contributed by atoms with van der Waals surface area (Å²) >= 11 is 0.